The smallest absolute Gasteiger partial charge is 0.325 e. The third kappa shape index (κ3) is 2.28. The molecule has 0 spiro atoms. The molecule has 0 unspecified atom stereocenters. The van der Waals surface area contributed by atoms with Gasteiger partial charge in [0.15, 0.2) is 14.6 Å². The summed E-state index contributed by atoms with van der Waals surface area (Å²) in [5.41, 5.74) is 0. The average molecular weight is 298 g/mol. The first kappa shape index (κ1) is 14.8. The second-order valence-electron chi connectivity index (χ2n) is 5.04. The van der Waals surface area contributed by atoms with Crippen LogP contribution in [0.15, 0.2) is 29.2 Å². The van der Waals surface area contributed by atoms with E-state index < -0.39 is 20.6 Å². The first-order chi connectivity index (χ1) is 9.44. The first-order valence-electron chi connectivity index (χ1n) is 6.56. The lowest BCUT2D eigenvalue weighted by Gasteiger charge is -2.32. The highest BCUT2D eigenvalue weighted by atomic mass is 32.2. The van der Waals surface area contributed by atoms with Crippen LogP contribution in [0.25, 0.3) is 0 Å². The van der Waals surface area contributed by atoms with Gasteiger partial charge in [-0.25, -0.2) is 8.42 Å². The van der Waals surface area contributed by atoms with Crippen LogP contribution in [0.3, 0.4) is 0 Å². The van der Waals surface area contributed by atoms with Crippen LogP contribution in [-0.4, -0.2) is 31.4 Å². The quantitative estimate of drug-likeness (QED) is 0.922. The number of hydrogen-bond acceptors (Lipinski definition) is 4. The summed E-state index contributed by atoms with van der Waals surface area (Å²) in [7, 11) is -2.49. The van der Waals surface area contributed by atoms with Crippen LogP contribution in [0.2, 0.25) is 0 Å². The highest BCUT2D eigenvalue weighted by Gasteiger charge is 2.52. The second-order valence-corrected chi connectivity index (χ2v) is 7.30. The molecule has 20 heavy (non-hydrogen) atoms. The molecule has 1 saturated carbocycles. The van der Waals surface area contributed by atoms with E-state index in [1.807, 2.05) is 0 Å². The molecular weight excluding hydrogens is 280 g/mol. The maximum Gasteiger partial charge on any atom is 0.325 e. The maximum absolute atomic E-state index is 12.8. The van der Waals surface area contributed by atoms with E-state index >= 15 is 0 Å². The van der Waals surface area contributed by atoms with Crippen LogP contribution in [0.4, 0.5) is 0 Å². The Morgan fingerprint density at radius 2 is 1.90 bits per heavy atom. The van der Waals surface area contributed by atoms with Crippen LogP contribution >= 0.6 is 0 Å². The average Bonchev–Trinajstić information content (AvgIpc) is 2.47. The molecule has 0 heterocycles. The van der Waals surface area contributed by atoms with E-state index in [2.05, 4.69) is 0 Å². The van der Waals surface area contributed by atoms with Gasteiger partial charge in [0.1, 0.15) is 5.75 Å². The maximum atomic E-state index is 12.8. The number of aliphatic carboxylic acids is 1. The fourth-order valence-corrected chi connectivity index (χ4v) is 4.75. The molecule has 1 aromatic rings. The largest absolute Gasteiger partial charge is 0.497 e. The fourth-order valence-electron chi connectivity index (χ4n) is 2.71. The van der Waals surface area contributed by atoms with Crippen molar-refractivity contribution in [1.82, 2.24) is 0 Å². The minimum absolute atomic E-state index is 0.0150. The van der Waals surface area contributed by atoms with Crippen molar-refractivity contribution >= 4 is 15.8 Å². The summed E-state index contributed by atoms with van der Waals surface area (Å²) in [4.78, 5) is 11.7. The molecule has 5 nitrogen and oxygen atoms in total. The molecule has 1 aromatic carbocycles. The van der Waals surface area contributed by atoms with E-state index in [9.17, 15) is 18.3 Å². The minimum Gasteiger partial charge on any atom is -0.497 e. The number of benzene rings is 1. The standard InChI is InChI=1S/C14H18O5S/c1-19-11-6-5-7-12(10-11)20(17,18)14(13(15)16)8-3-2-4-9-14/h5-7,10H,2-4,8-9H2,1H3,(H,15,16). The molecule has 0 amide bonds. The topological polar surface area (TPSA) is 80.7 Å². The predicted octanol–water partition coefficient (Wildman–Crippen LogP) is 2.26. The Balaban J connectivity index is 2.53. The molecule has 0 aliphatic heterocycles. The summed E-state index contributed by atoms with van der Waals surface area (Å²) < 4.78 is 28.9. The third-order valence-electron chi connectivity index (χ3n) is 3.92. The monoisotopic (exact) mass is 298 g/mol. The first-order valence-corrected chi connectivity index (χ1v) is 8.04. The molecule has 0 aromatic heterocycles. The van der Waals surface area contributed by atoms with Crippen molar-refractivity contribution in [3.05, 3.63) is 24.3 Å². The summed E-state index contributed by atoms with van der Waals surface area (Å²) in [6.45, 7) is 0. The normalized spacial score (nSPS) is 18.4. The number of carboxylic acids is 1. The van der Waals surface area contributed by atoms with Gasteiger partial charge in [0.2, 0.25) is 0 Å². The Labute approximate surface area is 118 Å². The van der Waals surface area contributed by atoms with Crippen molar-refractivity contribution in [3.63, 3.8) is 0 Å². The summed E-state index contributed by atoms with van der Waals surface area (Å²) >= 11 is 0. The van der Waals surface area contributed by atoms with Crippen molar-refractivity contribution in [2.75, 3.05) is 7.11 Å². The zero-order chi connectivity index (χ0) is 14.8. The van der Waals surface area contributed by atoms with Gasteiger partial charge in [-0.15, -0.1) is 0 Å². The Morgan fingerprint density at radius 1 is 1.25 bits per heavy atom. The summed E-state index contributed by atoms with van der Waals surface area (Å²) in [6.07, 6.45) is 2.46. The van der Waals surface area contributed by atoms with Gasteiger partial charge in [-0.05, 0) is 31.0 Å². The summed E-state index contributed by atoms with van der Waals surface area (Å²) in [6, 6.07) is 6.00. The Bertz CT molecular complexity index is 600. The molecule has 1 aliphatic carbocycles. The molecule has 1 aliphatic rings. The molecule has 0 radical (unpaired) electrons. The van der Waals surface area contributed by atoms with E-state index in [1.54, 1.807) is 12.1 Å². The molecule has 0 atom stereocenters. The summed E-state index contributed by atoms with van der Waals surface area (Å²) in [5, 5.41) is 9.50. The molecular formula is C14H18O5S. The highest BCUT2D eigenvalue weighted by molar-refractivity contribution is 7.93. The Hall–Kier alpha value is -1.56. The summed E-state index contributed by atoms with van der Waals surface area (Å²) in [5.74, 6) is -0.845. The van der Waals surface area contributed by atoms with Crippen LogP contribution < -0.4 is 4.74 Å². The lowest BCUT2D eigenvalue weighted by molar-refractivity contribution is -0.141. The molecule has 6 heteroatoms. The number of sulfone groups is 1. The van der Waals surface area contributed by atoms with Gasteiger partial charge < -0.3 is 9.84 Å². The van der Waals surface area contributed by atoms with E-state index in [4.69, 9.17) is 4.74 Å². The van der Waals surface area contributed by atoms with Crippen molar-refractivity contribution in [2.45, 2.75) is 41.7 Å². The number of hydrogen-bond donors (Lipinski definition) is 1. The molecule has 1 fully saturated rings. The van der Waals surface area contributed by atoms with Gasteiger partial charge in [-0.3, -0.25) is 4.79 Å². The van der Waals surface area contributed by atoms with Gasteiger partial charge in [0.05, 0.1) is 12.0 Å². The molecule has 2 rings (SSSR count). The van der Waals surface area contributed by atoms with Crippen molar-refractivity contribution < 1.29 is 23.1 Å². The number of methoxy groups -OCH3 is 1. The Kier molecular flexibility index (Phi) is 4.04. The number of carbonyl (C=O) groups is 1. The third-order valence-corrected chi connectivity index (χ3v) is 6.40. The second kappa shape index (κ2) is 5.44. The molecule has 1 N–H and O–H groups in total. The number of ether oxygens (including phenoxy) is 1. The fraction of sp³-hybridized carbons (Fsp3) is 0.500. The lowest BCUT2D eigenvalue weighted by Crippen LogP contribution is -2.47. The van der Waals surface area contributed by atoms with Crippen molar-refractivity contribution in [2.24, 2.45) is 0 Å². The number of carboxylic acid groups (broad SMARTS) is 1. The molecule has 0 saturated heterocycles. The highest BCUT2D eigenvalue weighted by Crippen LogP contribution is 2.39. The van der Waals surface area contributed by atoms with Gasteiger partial charge in [-0.2, -0.15) is 0 Å². The lowest BCUT2D eigenvalue weighted by atomic mass is 9.88. The van der Waals surface area contributed by atoms with E-state index in [1.165, 1.54) is 19.2 Å². The van der Waals surface area contributed by atoms with Crippen molar-refractivity contribution in [1.29, 1.82) is 0 Å². The van der Waals surface area contributed by atoms with Gasteiger partial charge in [0.25, 0.3) is 0 Å². The zero-order valence-corrected chi connectivity index (χ0v) is 12.1. The van der Waals surface area contributed by atoms with Crippen LogP contribution in [0.1, 0.15) is 32.1 Å². The van der Waals surface area contributed by atoms with Crippen LogP contribution in [0.5, 0.6) is 5.75 Å². The van der Waals surface area contributed by atoms with Crippen molar-refractivity contribution in [3.8, 4) is 5.75 Å². The van der Waals surface area contributed by atoms with Crippen LogP contribution in [-0.2, 0) is 14.6 Å². The SMILES string of the molecule is COc1cccc(S(=O)(=O)C2(C(=O)O)CCCCC2)c1. The number of rotatable bonds is 4. The van der Waals surface area contributed by atoms with E-state index in [-0.39, 0.29) is 17.7 Å². The minimum atomic E-state index is -3.94. The zero-order valence-electron chi connectivity index (χ0n) is 11.3. The predicted molar refractivity (Wildman–Crippen MR) is 73.6 cm³/mol. The van der Waals surface area contributed by atoms with E-state index in [0.717, 1.165) is 6.42 Å². The Morgan fingerprint density at radius 3 is 2.45 bits per heavy atom. The van der Waals surface area contributed by atoms with Crippen LogP contribution in [0, 0.1) is 0 Å². The molecule has 110 valence electrons. The van der Waals surface area contributed by atoms with Gasteiger partial charge >= 0.3 is 5.97 Å². The van der Waals surface area contributed by atoms with Gasteiger partial charge in [0, 0.05) is 0 Å². The van der Waals surface area contributed by atoms with E-state index in [0.29, 0.717) is 18.6 Å². The molecule has 0 bridgehead atoms. The van der Waals surface area contributed by atoms with Gasteiger partial charge in [-0.1, -0.05) is 25.3 Å².